The molecule has 2 heteroatoms. The molecule has 1 nitrogen and oxygen atoms in total. The van der Waals surface area contributed by atoms with Gasteiger partial charge in [-0.3, -0.25) is 0 Å². The van der Waals surface area contributed by atoms with Crippen LogP contribution in [-0.4, -0.2) is 0 Å². The van der Waals surface area contributed by atoms with Gasteiger partial charge in [-0.1, -0.05) is 159 Å². The maximum Gasteiger partial charge on any atom is 0.0465 e. The van der Waals surface area contributed by atoms with E-state index in [4.69, 9.17) is 0 Å². The second-order valence-corrected chi connectivity index (χ2v) is 15.3. The summed E-state index contributed by atoms with van der Waals surface area (Å²) in [4.78, 5) is 3.66. The molecule has 1 aliphatic carbocycles. The number of fused-ring (bicyclic) bond motifs is 3. The van der Waals surface area contributed by atoms with Crippen molar-refractivity contribution in [1.82, 2.24) is 0 Å². The number of para-hydroxylation sites is 2. The van der Waals surface area contributed by atoms with Crippen LogP contribution in [-0.2, 0) is 5.41 Å². The molecule has 0 saturated heterocycles. The van der Waals surface area contributed by atoms with Gasteiger partial charge in [0.1, 0.15) is 0 Å². The highest BCUT2D eigenvalue weighted by Crippen LogP contribution is 2.54. The molecule has 0 amide bonds. The van der Waals surface area contributed by atoms with E-state index < -0.39 is 0 Å². The molecule has 1 aliphatic rings. The van der Waals surface area contributed by atoms with Gasteiger partial charge in [0.2, 0.25) is 0 Å². The Labute approximate surface area is 329 Å². The Balaban J connectivity index is 1.03. The van der Waals surface area contributed by atoms with Gasteiger partial charge in [-0.15, -0.1) is 11.3 Å². The van der Waals surface area contributed by atoms with Crippen molar-refractivity contribution in [1.29, 1.82) is 0 Å². The summed E-state index contributed by atoms with van der Waals surface area (Å²) in [6, 6.07) is 66.5. The van der Waals surface area contributed by atoms with E-state index in [1.54, 1.807) is 11.3 Å². The highest BCUT2D eigenvalue weighted by atomic mass is 32.1. The first kappa shape index (κ1) is 34.5. The van der Waals surface area contributed by atoms with Crippen LogP contribution in [0, 0.1) is 0 Å². The standard InChI is InChI=1S/C53H43NS/c1-3-53(4-2)50-35-39(26-31-46(50)47-33-30-45(37-51(47)53)54(43-17-10-6-11-18-43)44-19-12-7-13-20-44)23-22-38-24-27-41(28-25-38)49-36-42(40-15-8-5-9-16-40)29-32-48(49)52-21-14-34-55-52/h5-37H,3-4H2,1-2H3/b23-22+. The van der Waals surface area contributed by atoms with Crippen LogP contribution in [0.1, 0.15) is 48.9 Å². The molecule has 1 heterocycles. The highest BCUT2D eigenvalue weighted by molar-refractivity contribution is 7.13. The maximum absolute atomic E-state index is 2.46. The van der Waals surface area contributed by atoms with Crippen molar-refractivity contribution < 1.29 is 0 Å². The van der Waals surface area contributed by atoms with Gasteiger partial charge in [-0.2, -0.15) is 0 Å². The quantitative estimate of drug-likeness (QED) is 0.127. The monoisotopic (exact) mass is 725 g/mol. The molecule has 55 heavy (non-hydrogen) atoms. The fourth-order valence-electron chi connectivity index (χ4n) is 8.56. The second kappa shape index (κ2) is 14.9. The Bertz CT molecular complexity index is 2540. The number of rotatable bonds is 10. The minimum Gasteiger partial charge on any atom is -0.310 e. The van der Waals surface area contributed by atoms with Crippen LogP contribution >= 0.6 is 11.3 Å². The number of hydrogen-bond acceptors (Lipinski definition) is 2. The van der Waals surface area contributed by atoms with Crippen molar-refractivity contribution in [3.8, 4) is 43.8 Å². The summed E-state index contributed by atoms with van der Waals surface area (Å²) in [6.45, 7) is 4.70. The van der Waals surface area contributed by atoms with Gasteiger partial charge in [-0.05, 0) is 128 Å². The molecule has 0 saturated carbocycles. The van der Waals surface area contributed by atoms with Crippen LogP contribution in [0.25, 0.3) is 56.0 Å². The van der Waals surface area contributed by atoms with E-state index in [-0.39, 0.29) is 5.41 Å². The molecule has 0 atom stereocenters. The van der Waals surface area contributed by atoms with Crippen molar-refractivity contribution in [2.45, 2.75) is 32.1 Å². The SMILES string of the molecule is CCC1(CC)c2cc(/C=C/c3ccc(-c4cc(-c5ccccc5)ccc4-c4cccs4)cc3)ccc2-c2ccc(N(c3ccccc3)c3ccccc3)cc21. The van der Waals surface area contributed by atoms with Gasteiger partial charge in [0, 0.05) is 27.4 Å². The van der Waals surface area contributed by atoms with Gasteiger partial charge < -0.3 is 4.90 Å². The van der Waals surface area contributed by atoms with Crippen LogP contribution in [0.15, 0.2) is 187 Å². The fourth-order valence-corrected chi connectivity index (χ4v) is 9.33. The van der Waals surface area contributed by atoms with E-state index in [1.807, 2.05) is 0 Å². The van der Waals surface area contributed by atoms with Crippen molar-refractivity contribution in [3.05, 3.63) is 210 Å². The molecule has 1 aromatic heterocycles. The van der Waals surface area contributed by atoms with Gasteiger partial charge in [0.25, 0.3) is 0 Å². The van der Waals surface area contributed by atoms with Crippen LogP contribution in [0.3, 0.4) is 0 Å². The van der Waals surface area contributed by atoms with Gasteiger partial charge >= 0.3 is 0 Å². The molecule has 0 bridgehead atoms. The molecule has 0 radical (unpaired) electrons. The minimum absolute atomic E-state index is 0.0558. The van der Waals surface area contributed by atoms with Crippen LogP contribution in [0.4, 0.5) is 17.1 Å². The Morgan fingerprint density at radius 2 is 1.00 bits per heavy atom. The predicted molar refractivity (Wildman–Crippen MR) is 237 cm³/mol. The van der Waals surface area contributed by atoms with E-state index in [0.717, 1.165) is 24.2 Å². The number of benzene rings is 7. The van der Waals surface area contributed by atoms with Crippen LogP contribution < -0.4 is 4.90 Å². The second-order valence-electron chi connectivity index (χ2n) is 14.4. The van der Waals surface area contributed by atoms with Crippen molar-refractivity contribution in [2.24, 2.45) is 0 Å². The molecule has 7 aromatic carbocycles. The Morgan fingerprint density at radius 3 is 1.64 bits per heavy atom. The summed E-state index contributed by atoms with van der Waals surface area (Å²) in [6.07, 6.45) is 6.61. The largest absolute Gasteiger partial charge is 0.310 e. The molecule has 8 aromatic rings. The fraction of sp³-hybridized carbons (Fsp3) is 0.0943. The molecule has 9 rings (SSSR count). The topological polar surface area (TPSA) is 3.24 Å². The van der Waals surface area contributed by atoms with E-state index in [2.05, 4.69) is 218 Å². The molecule has 0 unspecified atom stereocenters. The zero-order valence-electron chi connectivity index (χ0n) is 31.3. The van der Waals surface area contributed by atoms with E-state index in [1.165, 1.54) is 71.8 Å². The van der Waals surface area contributed by atoms with Crippen molar-refractivity contribution >= 4 is 40.6 Å². The number of thiophene rings is 1. The summed E-state index contributed by atoms with van der Waals surface area (Å²) >= 11 is 1.79. The van der Waals surface area contributed by atoms with Gasteiger partial charge in [0.15, 0.2) is 0 Å². The molecule has 0 aliphatic heterocycles. The molecule has 0 fully saturated rings. The first-order valence-electron chi connectivity index (χ1n) is 19.4. The molecule has 0 N–H and O–H groups in total. The zero-order valence-corrected chi connectivity index (χ0v) is 32.1. The lowest BCUT2D eigenvalue weighted by molar-refractivity contribution is 0.490. The first-order chi connectivity index (χ1) is 27.1. The average Bonchev–Trinajstić information content (AvgIpc) is 3.89. The van der Waals surface area contributed by atoms with E-state index in [9.17, 15) is 0 Å². The molecule has 266 valence electrons. The van der Waals surface area contributed by atoms with Crippen molar-refractivity contribution in [2.75, 3.05) is 4.90 Å². The molecular formula is C53H43NS. The smallest absolute Gasteiger partial charge is 0.0465 e. The van der Waals surface area contributed by atoms with E-state index in [0.29, 0.717) is 0 Å². The third kappa shape index (κ3) is 6.43. The number of hydrogen-bond donors (Lipinski definition) is 0. The molecular weight excluding hydrogens is 683 g/mol. The summed E-state index contributed by atoms with van der Waals surface area (Å²) in [5, 5.41) is 2.16. The average molecular weight is 726 g/mol. The van der Waals surface area contributed by atoms with Gasteiger partial charge in [0.05, 0.1) is 0 Å². The number of nitrogens with zero attached hydrogens (tertiary/aromatic N) is 1. The summed E-state index contributed by atoms with van der Waals surface area (Å²) in [5.74, 6) is 0. The third-order valence-electron chi connectivity index (χ3n) is 11.5. The Morgan fingerprint density at radius 1 is 0.436 bits per heavy atom. The molecule has 0 spiro atoms. The highest BCUT2D eigenvalue weighted by Gasteiger charge is 2.41. The lowest BCUT2D eigenvalue weighted by Crippen LogP contribution is -2.23. The minimum atomic E-state index is -0.0558. The van der Waals surface area contributed by atoms with Crippen LogP contribution in [0.5, 0.6) is 0 Å². The summed E-state index contributed by atoms with van der Waals surface area (Å²) in [7, 11) is 0. The zero-order chi connectivity index (χ0) is 37.2. The summed E-state index contributed by atoms with van der Waals surface area (Å²) in [5.41, 5.74) is 17.7. The summed E-state index contributed by atoms with van der Waals surface area (Å²) < 4.78 is 0. The third-order valence-corrected chi connectivity index (χ3v) is 12.4. The maximum atomic E-state index is 2.46. The van der Waals surface area contributed by atoms with E-state index >= 15 is 0 Å². The Kier molecular flexibility index (Phi) is 9.36. The first-order valence-corrected chi connectivity index (χ1v) is 20.2. The van der Waals surface area contributed by atoms with Crippen molar-refractivity contribution in [3.63, 3.8) is 0 Å². The Hall–Kier alpha value is -6.22. The number of anilines is 3. The normalized spacial score (nSPS) is 12.8. The van der Waals surface area contributed by atoms with Crippen LogP contribution in [0.2, 0.25) is 0 Å². The lowest BCUT2D eigenvalue weighted by Gasteiger charge is -2.32. The lowest BCUT2D eigenvalue weighted by atomic mass is 9.73. The van der Waals surface area contributed by atoms with Gasteiger partial charge in [-0.25, -0.2) is 0 Å². The predicted octanol–water partition coefficient (Wildman–Crippen LogP) is 15.5.